The van der Waals surface area contributed by atoms with Gasteiger partial charge in [0.25, 0.3) is 11.8 Å². The van der Waals surface area contributed by atoms with E-state index in [1.54, 1.807) is 0 Å². The zero-order valence-electron chi connectivity index (χ0n) is 28.0. The van der Waals surface area contributed by atoms with Gasteiger partial charge < -0.3 is 36.6 Å². The number of thioether (sulfide) groups is 1. The van der Waals surface area contributed by atoms with Crippen LogP contribution in [-0.4, -0.2) is 92.3 Å². The Morgan fingerprint density at radius 2 is 2.06 bits per heavy atom. The molecule has 0 bridgehead atoms. The number of aromatic nitrogens is 3. The molecule has 7 rings (SSSR count). The van der Waals surface area contributed by atoms with Gasteiger partial charge in [-0.2, -0.15) is 0 Å². The summed E-state index contributed by atoms with van der Waals surface area (Å²) in [5, 5.41) is 20.5. The molecule has 0 aliphatic carbocycles. The van der Waals surface area contributed by atoms with Gasteiger partial charge >= 0.3 is 5.97 Å². The predicted molar refractivity (Wildman–Crippen MR) is 199 cm³/mol. The second-order valence-corrected chi connectivity index (χ2v) is 15.3. The van der Waals surface area contributed by atoms with Crippen LogP contribution in [0.2, 0.25) is 4.34 Å². The summed E-state index contributed by atoms with van der Waals surface area (Å²) >= 11 is 8.51. The Hall–Kier alpha value is -4.97. The highest BCUT2D eigenvalue weighted by molar-refractivity contribution is 8.00. The van der Waals surface area contributed by atoms with Crippen molar-refractivity contribution >= 4 is 80.1 Å². The largest absolute Gasteiger partial charge is 0.477 e. The van der Waals surface area contributed by atoms with Crippen LogP contribution in [0.5, 0.6) is 0 Å². The number of anilines is 1. The first-order valence-corrected chi connectivity index (χ1v) is 18.7. The minimum Gasteiger partial charge on any atom is -0.477 e. The Morgan fingerprint density at radius 1 is 1.25 bits per heavy atom. The number of halogens is 1. The van der Waals surface area contributed by atoms with Gasteiger partial charge in [0.05, 0.1) is 16.9 Å². The lowest BCUT2D eigenvalue weighted by molar-refractivity contribution is -0.687. The summed E-state index contributed by atoms with van der Waals surface area (Å²) in [6, 6.07) is 11.4. The van der Waals surface area contributed by atoms with Gasteiger partial charge in [-0.05, 0) is 31.0 Å². The van der Waals surface area contributed by atoms with Crippen LogP contribution in [0.25, 0.3) is 10.9 Å². The maximum Gasteiger partial charge on any atom is 0.352 e. The number of pyridine rings is 1. The van der Waals surface area contributed by atoms with Gasteiger partial charge in [-0.1, -0.05) is 52.4 Å². The number of benzene rings is 1. The average molecular weight is 764 g/mol. The average Bonchev–Trinajstić information content (AvgIpc) is 3.69. The number of nitrogens with zero attached hydrogens (tertiary/aromatic N) is 6. The van der Waals surface area contributed by atoms with Gasteiger partial charge in [-0.25, -0.2) is 14.3 Å². The lowest BCUT2D eigenvalue weighted by atomic mass is 10.0. The molecule has 3 atom stereocenters. The van der Waals surface area contributed by atoms with Gasteiger partial charge in [-0.15, -0.1) is 11.8 Å². The fraction of sp³-hybridized carbons (Fsp3) is 0.324. The zero-order chi connectivity index (χ0) is 36.5. The van der Waals surface area contributed by atoms with E-state index in [4.69, 9.17) is 32.9 Å². The molecule has 18 heteroatoms. The van der Waals surface area contributed by atoms with Crippen molar-refractivity contribution < 1.29 is 28.9 Å². The van der Waals surface area contributed by atoms with E-state index in [1.165, 1.54) is 23.8 Å². The minimum absolute atomic E-state index is 0.0226. The molecule has 1 unspecified atom stereocenters. The molecule has 0 spiro atoms. The second kappa shape index (κ2) is 14.9. The molecule has 7 N–H and O–H groups in total. The fourth-order valence-electron chi connectivity index (χ4n) is 6.60. The minimum atomic E-state index is -1.22. The van der Waals surface area contributed by atoms with Gasteiger partial charge in [0.1, 0.15) is 40.1 Å². The molecule has 2 amide bonds. The molecule has 52 heavy (non-hydrogen) atoms. The van der Waals surface area contributed by atoms with E-state index in [-0.39, 0.29) is 39.2 Å². The molecule has 15 nitrogen and oxygen atoms in total. The summed E-state index contributed by atoms with van der Waals surface area (Å²) < 4.78 is 4.19. The van der Waals surface area contributed by atoms with Gasteiger partial charge in [0, 0.05) is 42.2 Å². The van der Waals surface area contributed by atoms with Crippen molar-refractivity contribution in [3.05, 3.63) is 87.4 Å². The lowest BCUT2D eigenvalue weighted by Crippen LogP contribution is -2.71. The number of fused-ring (bicyclic) bond motifs is 2. The van der Waals surface area contributed by atoms with E-state index in [2.05, 4.69) is 37.5 Å². The summed E-state index contributed by atoms with van der Waals surface area (Å²) in [6.45, 7) is 2.80. The highest BCUT2D eigenvalue weighted by Crippen LogP contribution is 2.40. The molecule has 6 heterocycles. The van der Waals surface area contributed by atoms with Crippen LogP contribution < -0.4 is 26.7 Å². The summed E-state index contributed by atoms with van der Waals surface area (Å²) in [6.07, 6.45) is 8.02. The molecule has 0 saturated carbocycles. The van der Waals surface area contributed by atoms with E-state index in [0.717, 1.165) is 59.3 Å². The van der Waals surface area contributed by atoms with E-state index >= 15 is 0 Å². The maximum absolute atomic E-state index is 13.3. The van der Waals surface area contributed by atoms with E-state index < -0.39 is 29.2 Å². The number of amides is 2. The first-order valence-electron chi connectivity index (χ1n) is 16.5. The number of β-lactam (4-membered cyclic amide) rings is 1. The number of aliphatic imine (C=N–C) groups is 1. The Kier molecular flexibility index (Phi) is 10.2. The number of nitrogen functional groups attached to an aromatic ring is 1. The lowest BCUT2D eigenvalue weighted by Gasteiger charge is -2.49. The number of oxime groups is 1. The summed E-state index contributed by atoms with van der Waals surface area (Å²) in [7, 11) is 1.25. The summed E-state index contributed by atoms with van der Waals surface area (Å²) in [5.74, 6) is -1.63. The fourth-order valence-corrected chi connectivity index (χ4v) is 8.86. The quantitative estimate of drug-likeness (QED) is 0.0493. The summed E-state index contributed by atoms with van der Waals surface area (Å²) in [5.41, 5.74) is 15.3. The van der Waals surface area contributed by atoms with Gasteiger partial charge in [0.15, 0.2) is 29.8 Å². The molecular formula is C34H36ClN10O5S2+. The van der Waals surface area contributed by atoms with Crippen molar-refractivity contribution in [2.24, 2.45) is 15.9 Å². The Bertz CT molecular complexity index is 2140. The van der Waals surface area contributed by atoms with Crippen molar-refractivity contribution in [1.29, 1.82) is 0 Å². The van der Waals surface area contributed by atoms with E-state index in [9.17, 15) is 19.5 Å². The third-order valence-corrected chi connectivity index (χ3v) is 11.5. The number of rotatable bonds is 11. The molecule has 4 aromatic rings. The zero-order valence-corrected chi connectivity index (χ0v) is 30.4. The number of carboxylic acid groups (broad SMARTS) is 1. The highest BCUT2D eigenvalue weighted by Gasteiger charge is 2.55. The van der Waals surface area contributed by atoms with Crippen molar-refractivity contribution in [3.8, 4) is 0 Å². The number of hydrogen-bond donors (Lipinski definition) is 5. The molecule has 0 radical (unpaired) electrons. The number of carbonyl (C=O) groups is 3. The molecular weight excluding hydrogens is 728 g/mol. The molecule has 1 aromatic carbocycles. The van der Waals surface area contributed by atoms with Gasteiger partial charge in [0.2, 0.25) is 0 Å². The number of hydrogen-bond acceptors (Lipinski definition) is 11. The molecule has 2 fully saturated rings. The van der Waals surface area contributed by atoms with Crippen LogP contribution in [0.15, 0.2) is 76.4 Å². The topological polar surface area (TPSA) is 206 Å². The predicted octanol–water partition coefficient (Wildman–Crippen LogP) is 1.92. The third-order valence-electron chi connectivity index (χ3n) is 9.10. The van der Waals surface area contributed by atoms with Crippen molar-refractivity contribution in [2.75, 3.05) is 31.7 Å². The Morgan fingerprint density at radius 3 is 2.75 bits per heavy atom. The smallest absolute Gasteiger partial charge is 0.352 e. The number of carbonyl (C=O) groups excluding carboxylic acids is 2. The van der Waals surface area contributed by atoms with Crippen LogP contribution in [0.3, 0.4) is 0 Å². The van der Waals surface area contributed by atoms with Crippen LogP contribution in [-0.2, 0) is 32.3 Å². The van der Waals surface area contributed by atoms with Crippen molar-refractivity contribution in [2.45, 2.75) is 43.4 Å². The standard InChI is InChI=1S/C34H35ClN10O5S2/c1-50-42-25(24-28(35)52-34(37)41-24)30(46)40-26-31(47)45-27(33(48)49)21(17-51-32(26)45)16-43-11-9-23-20(15-43)8-12-44(23)14-18-4-6-19(7-5-18)29(36)39-22-3-2-10-38-13-22/h4-9,11-12,15,22,26,32,38H,2-3,10,13-14,16-17H2,1H3,(H5-,36,37,39,40,41,46,48,49)/p+1/b42-25-/t22?,26-,32-/m1/s1. The SMILES string of the molecule is CO/N=C(\C(=O)N[C@@H]1C(=O)N2C(C(=O)O)=C(C[n+]3ccc4c(ccn4Cc4ccc(C(N)=NC5CCCNC5)cc4)c3)CS[C@H]12)c1nc(N)sc1Cl. The van der Waals surface area contributed by atoms with Crippen LogP contribution >= 0.6 is 34.7 Å². The van der Waals surface area contributed by atoms with Crippen LogP contribution in [0.4, 0.5) is 5.13 Å². The van der Waals surface area contributed by atoms with Crippen molar-refractivity contribution in [1.82, 2.24) is 25.1 Å². The van der Waals surface area contributed by atoms with Gasteiger partial charge in [-0.3, -0.25) is 19.5 Å². The Labute approximate surface area is 311 Å². The number of carboxylic acids is 1. The molecule has 3 aliphatic rings. The van der Waals surface area contributed by atoms with E-state index in [0.29, 0.717) is 23.7 Å². The highest BCUT2D eigenvalue weighted by atomic mass is 35.5. The molecule has 270 valence electrons. The molecule has 2 saturated heterocycles. The first-order chi connectivity index (χ1) is 25.1. The normalized spacial score (nSPS) is 20.8. The number of aliphatic carboxylic acids is 1. The third kappa shape index (κ3) is 7.08. The maximum atomic E-state index is 13.3. The van der Waals surface area contributed by atoms with Crippen LogP contribution in [0.1, 0.15) is 29.7 Å². The number of amidine groups is 1. The number of piperidine rings is 1. The van der Waals surface area contributed by atoms with Crippen LogP contribution in [0, 0.1) is 0 Å². The number of thiazole rings is 1. The van der Waals surface area contributed by atoms with Crippen molar-refractivity contribution in [3.63, 3.8) is 0 Å². The second-order valence-electron chi connectivity index (χ2n) is 12.5. The number of nitrogens with two attached hydrogens (primary N) is 2. The summed E-state index contributed by atoms with van der Waals surface area (Å²) in [4.78, 5) is 53.8. The number of nitrogens with one attached hydrogen (secondary N) is 2. The Balaban J connectivity index is 1.03. The molecule has 3 aliphatic heterocycles. The first kappa shape index (κ1) is 35.4. The monoisotopic (exact) mass is 763 g/mol. The molecule has 3 aromatic heterocycles. The van der Waals surface area contributed by atoms with E-state index in [1.807, 2.05) is 47.4 Å².